The normalized spacial score (nSPS) is 13.7. The third-order valence-electron chi connectivity index (χ3n) is 2.17. The summed E-state index contributed by atoms with van der Waals surface area (Å²) in [4.78, 5) is 0. The van der Waals surface area contributed by atoms with Crippen molar-refractivity contribution in [3.63, 3.8) is 0 Å². The molecule has 0 bridgehead atoms. The third kappa shape index (κ3) is 11.3. The molecule has 0 saturated carbocycles. The number of allylic oxidation sites excluding steroid dienone is 3. The van der Waals surface area contributed by atoms with Crippen molar-refractivity contribution in [3.05, 3.63) is 24.5 Å². The second kappa shape index (κ2) is 12.3. The highest BCUT2D eigenvalue weighted by atomic mass is 16.7. The van der Waals surface area contributed by atoms with Gasteiger partial charge in [0.1, 0.15) is 0 Å². The van der Waals surface area contributed by atoms with Gasteiger partial charge in [0, 0.05) is 0 Å². The lowest BCUT2D eigenvalue weighted by Crippen LogP contribution is -2.10. The van der Waals surface area contributed by atoms with Gasteiger partial charge < -0.3 is 9.47 Å². The van der Waals surface area contributed by atoms with Gasteiger partial charge >= 0.3 is 0 Å². The van der Waals surface area contributed by atoms with E-state index >= 15 is 0 Å². The van der Waals surface area contributed by atoms with Crippen molar-refractivity contribution in [1.29, 1.82) is 0 Å². The predicted molar refractivity (Wildman–Crippen MR) is 69.2 cm³/mol. The van der Waals surface area contributed by atoms with Crippen molar-refractivity contribution in [3.8, 4) is 0 Å². The van der Waals surface area contributed by atoms with Crippen LogP contribution in [0.3, 0.4) is 0 Å². The maximum Gasteiger partial charge on any atom is 0.196 e. The maximum absolute atomic E-state index is 5.43. The summed E-state index contributed by atoms with van der Waals surface area (Å²) in [6, 6.07) is 0. The standard InChI is InChI=1S/C14H26O2/c1-4-6-8-9-10-11-13-16-14(3)15-12-7-5-2/h9-11,13-14H,4-8,12H2,1-3H3/b10-9+,13-11+. The zero-order valence-electron chi connectivity index (χ0n) is 10.9. The van der Waals surface area contributed by atoms with Crippen molar-refractivity contribution in [1.82, 2.24) is 0 Å². The van der Waals surface area contributed by atoms with E-state index in [2.05, 4.69) is 19.9 Å². The summed E-state index contributed by atoms with van der Waals surface area (Å²) in [7, 11) is 0. The molecule has 94 valence electrons. The molecule has 0 aromatic heterocycles. The summed E-state index contributed by atoms with van der Waals surface area (Å²) in [5.74, 6) is 0. The topological polar surface area (TPSA) is 18.5 Å². The van der Waals surface area contributed by atoms with E-state index in [0.717, 1.165) is 25.9 Å². The second-order valence-electron chi connectivity index (χ2n) is 3.83. The molecule has 0 aromatic rings. The van der Waals surface area contributed by atoms with E-state index in [1.807, 2.05) is 19.1 Å². The van der Waals surface area contributed by atoms with Gasteiger partial charge in [-0.05, 0) is 25.8 Å². The maximum atomic E-state index is 5.43. The van der Waals surface area contributed by atoms with Crippen LogP contribution in [0.5, 0.6) is 0 Å². The van der Waals surface area contributed by atoms with E-state index < -0.39 is 0 Å². The number of hydrogen-bond acceptors (Lipinski definition) is 2. The molecule has 0 saturated heterocycles. The lowest BCUT2D eigenvalue weighted by atomic mass is 10.2. The molecule has 1 unspecified atom stereocenters. The SMILES string of the molecule is CCCC/C=C/C=C/OC(C)OCCCC. The Balaban J connectivity index is 3.39. The van der Waals surface area contributed by atoms with Crippen LogP contribution in [0.4, 0.5) is 0 Å². The van der Waals surface area contributed by atoms with Gasteiger partial charge in [-0.1, -0.05) is 45.3 Å². The largest absolute Gasteiger partial charge is 0.473 e. The van der Waals surface area contributed by atoms with Gasteiger partial charge in [-0.2, -0.15) is 0 Å². The van der Waals surface area contributed by atoms with Gasteiger partial charge in [0.15, 0.2) is 6.29 Å². The van der Waals surface area contributed by atoms with Crippen molar-refractivity contribution in [2.75, 3.05) is 6.61 Å². The highest BCUT2D eigenvalue weighted by molar-refractivity contribution is 4.99. The minimum Gasteiger partial charge on any atom is -0.473 e. The van der Waals surface area contributed by atoms with Gasteiger partial charge in [-0.15, -0.1) is 0 Å². The van der Waals surface area contributed by atoms with Crippen LogP contribution in [-0.2, 0) is 9.47 Å². The number of rotatable bonds is 10. The summed E-state index contributed by atoms with van der Waals surface area (Å²) in [5, 5.41) is 0. The van der Waals surface area contributed by atoms with Crippen LogP contribution >= 0.6 is 0 Å². The molecule has 0 N–H and O–H groups in total. The van der Waals surface area contributed by atoms with E-state index in [1.165, 1.54) is 12.8 Å². The summed E-state index contributed by atoms with van der Waals surface area (Å²) >= 11 is 0. The molecular formula is C14H26O2. The molecule has 0 spiro atoms. The molecule has 2 nitrogen and oxygen atoms in total. The van der Waals surface area contributed by atoms with Crippen LogP contribution in [-0.4, -0.2) is 12.9 Å². The Morgan fingerprint density at radius 3 is 2.50 bits per heavy atom. The van der Waals surface area contributed by atoms with Gasteiger partial charge in [0.05, 0.1) is 12.9 Å². The Morgan fingerprint density at radius 2 is 1.81 bits per heavy atom. The van der Waals surface area contributed by atoms with Crippen molar-refractivity contribution >= 4 is 0 Å². The van der Waals surface area contributed by atoms with Crippen LogP contribution in [0.25, 0.3) is 0 Å². The Kier molecular flexibility index (Phi) is 11.7. The van der Waals surface area contributed by atoms with Crippen LogP contribution in [0.15, 0.2) is 24.5 Å². The summed E-state index contributed by atoms with van der Waals surface area (Å²) in [5.41, 5.74) is 0. The van der Waals surface area contributed by atoms with Gasteiger partial charge in [0.2, 0.25) is 0 Å². The highest BCUT2D eigenvalue weighted by Gasteiger charge is 1.97. The molecule has 0 aliphatic rings. The zero-order valence-corrected chi connectivity index (χ0v) is 10.9. The first-order chi connectivity index (χ1) is 7.81. The van der Waals surface area contributed by atoms with E-state index in [4.69, 9.17) is 9.47 Å². The zero-order chi connectivity index (χ0) is 12.1. The van der Waals surface area contributed by atoms with Gasteiger partial charge in [-0.3, -0.25) is 0 Å². The molecular weight excluding hydrogens is 200 g/mol. The molecule has 0 aliphatic heterocycles. The van der Waals surface area contributed by atoms with Gasteiger partial charge in [0.25, 0.3) is 0 Å². The Labute approximate surface area is 100 Å². The third-order valence-corrected chi connectivity index (χ3v) is 2.17. The molecule has 0 radical (unpaired) electrons. The molecule has 0 rings (SSSR count). The van der Waals surface area contributed by atoms with E-state index in [-0.39, 0.29) is 6.29 Å². The van der Waals surface area contributed by atoms with Crippen molar-refractivity contribution in [2.24, 2.45) is 0 Å². The Morgan fingerprint density at radius 1 is 1.06 bits per heavy atom. The second-order valence-corrected chi connectivity index (χ2v) is 3.83. The molecule has 0 aromatic carbocycles. The molecule has 0 heterocycles. The van der Waals surface area contributed by atoms with Crippen molar-refractivity contribution < 1.29 is 9.47 Å². The molecule has 0 amide bonds. The lowest BCUT2D eigenvalue weighted by molar-refractivity contribution is -0.0933. The minimum atomic E-state index is -0.146. The van der Waals surface area contributed by atoms with Crippen LogP contribution in [0, 0.1) is 0 Å². The van der Waals surface area contributed by atoms with E-state index in [9.17, 15) is 0 Å². The minimum absolute atomic E-state index is 0.146. The molecule has 16 heavy (non-hydrogen) atoms. The van der Waals surface area contributed by atoms with Crippen molar-refractivity contribution in [2.45, 2.75) is 59.2 Å². The first-order valence-corrected chi connectivity index (χ1v) is 6.40. The highest BCUT2D eigenvalue weighted by Crippen LogP contribution is 1.98. The molecule has 1 atom stereocenters. The molecule has 0 aliphatic carbocycles. The van der Waals surface area contributed by atoms with Crippen LogP contribution in [0.2, 0.25) is 0 Å². The first-order valence-electron chi connectivity index (χ1n) is 6.40. The predicted octanol–water partition coefficient (Wildman–Crippen LogP) is 4.43. The number of ether oxygens (including phenoxy) is 2. The Hall–Kier alpha value is -0.760. The summed E-state index contributed by atoms with van der Waals surface area (Å²) in [6.07, 6.45) is 13.5. The molecule has 2 heteroatoms. The summed E-state index contributed by atoms with van der Waals surface area (Å²) < 4.78 is 10.8. The smallest absolute Gasteiger partial charge is 0.196 e. The van der Waals surface area contributed by atoms with Crippen LogP contribution in [0.1, 0.15) is 52.9 Å². The molecule has 0 fully saturated rings. The fraction of sp³-hybridized carbons (Fsp3) is 0.714. The first kappa shape index (κ1) is 15.2. The fourth-order valence-electron chi connectivity index (χ4n) is 1.13. The lowest BCUT2D eigenvalue weighted by Gasteiger charge is -2.11. The van der Waals surface area contributed by atoms with Crippen LogP contribution < -0.4 is 0 Å². The monoisotopic (exact) mass is 226 g/mol. The fourth-order valence-corrected chi connectivity index (χ4v) is 1.13. The summed E-state index contributed by atoms with van der Waals surface area (Å²) in [6.45, 7) is 7.04. The Bertz CT molecular complexity index is 185. The van der Waals surface area contributed by atoms with E-state index in [1.54, 1.807) is 6.26 Å². The number of unbranched alkanes of at least 4 members (excludes halogenated alkanes) is 3. The quantitative estimate of drug-likeness (QED) is 0.237. The average molecular weight is 226 g/mol. The number of hydrogen-bond donors (Lipinski definition) is 0. The average Bonchev–Trinajstić information content (AvgIpc) is 2.28. The van der Waals surface area contributed by atoms with Gasteiger partial charge in [-0.25, -0.2) is 0 Å². The van der Waals surface area contributed by atoms with E-state index in [0.29, 0.717) is 0 Å².